The molecule has 0 saturated heterocycles. The zero-order valence-corrected chi connectivity index (χ0v) is 12.4. The van der Waals surface area contributed by atoms with Crippen LogP contribution in [0.25, 0.3) is 0 Å². The van der Waals surface area contributed by atoms with Crippen molar-refractivity contribution in [2.24, 2.45) is 5.73 Å². The van der Waals surface area contributed by atoms with Gasteiger partial charge < -0.3 is 16.2 Å². The van der Waals surface area contributed by atoms with Crippen molar-refractivity contribution >= 4 is 23.7 Å². The van der Waals surface area contributed by atoms with Crippen LogP contribution in [0.15, 0.2) is 12.3 Å². The van der Waals surface area contributed by atoms with E-state index in [0.717, 1.165) is 4.90 Å². The van der Waals surface area contributed by atoms with Crippen LogP contribution in [0, 0.1) is 5.41 Å². The van der Waals surface area contributed by atoms with E-state index in [1.165, 1.54) is 19.3 Å². The van der Waals surface area contributed by atoms with Gasteiger partial charge in [-0.1, -0.05) is 0 Å². The van der Waals surface area contributed by atoms with Gasteiger partial charge in [-0.2, -0.15) is 0 Å². The normalized spacial score (nSPS) is 10.9. The predicted molar refractivity (Wildman–Crippen MR) is 78.0 cm³/mol. The molecule has 0 saturated carbocycles. The number of carbonyl (C=O) groups is 2. The highest BCUT2D eigenvalue weighted by atomic mass is 16.6. The lowest BCUT2D eigenvalue weighted by atomic mass is 10.1. The van der Waals surface area contributed by atoms with E-state index in [9.17, 15) is 9.59 Å². The van der Waals surface area contributed by atoms with Crippen LogP contribution >= 0.6 is 0 Å². The SMILES string of the molecule is CN(C(=N)c1cc(C(N)=O)cnc1N)C(=O)OC(C)(C)C. The van der Waals surface area contributed by atoms with Gasteiger partial charge in [0.05, 0.1) is 11.1 Å². The second-order valence-electron chi connectivity index (χ2n) is 5.41. The fourth-order valence-electron chi connectivity index (χ4n) is 1.40. The Labute approximate surface area is 122 Å². The van der Waals surface area contributed by atoms with Gasteiger partial charge in [0, 0.05) is 13.2 Å². The Morgan fingerprint density at radius 1 is 1.38 bits per heavy atom. The standard InChI is InChI=1S/C13H19N5O3/c1-13(2,3)21-12(20)18(4)10(15)8-5-7(11(16)19)6-17-9(8)14/h5-6,15H,1-4H3,(H2,14,17)(H2,16,19). The molecule has 0 atom stereocenters. The molecular weight excluding hydrogens is 274 g/mol. The van der Waals surface area contributed by atoms with Crippen molar-refractivity contribution in [1.29, 1.82) is 5.41 Å². The van der Waals surface area contributed by atoms with E-state index >= 15 is 0 Å². The summed E-state index contributed by atoms with van der Waals surface area (Å²) < 4.78 is 5.15. The van der Waals surface area contributed by atoms with E-state index in [1.54, 1.807) is 20.8 Å². The summed E-state index contributed by atoms with van der Waals surface area (Å²) in [5.74, 6) is -0.922. The highest BCUT2D eigenvalue weighted by Gasteiger charge is 2.24. The van der Waals surface area contributed by atoms with E-state index in [-0.39, 0.29) is 22.8 Å². The van der Waals surface area contributed by atoms with Gasteiger partial charge >= 0.3 is 6.09 Å². The van der Waals surface area contributed by atoms with Crippen LogP contribution in [0.1, 0.15) is 36.7 Å². The van der Waals surface area contributed by atoms with Gasteiger partial charge in [0.2, 0.25) is 5.91 Å². The molecule has 1 aromatic rings. The number of pyridine rings is 1. The van der Waals surface area contributed by atoms with Crippen molar-refractivity contribution in [1.82, 2.24) is 9.88 Å². The smallest absolute Gasteiger partial charge is 0.415 e. The Balaban J connectivity index is 3.05. The fraction of sp³-hybridized carbons (Fsp3) is 0.385. The summed E-state index contributed by atoms with van der Waals surface area (Å²) in [7, 11) is 1.37. The molecular formula is C13H19N5O3. The zero-order valence-electron chi connectivity index (χ0n) is 12.4. The molecule has 8 nitrogen and oxygen atoms in total. The number of aromatic nitrogens is 1. The van der Waals surface area contributed by atoms with Crippen molar-refractivity contribution in [3.63, 3.8) is 0 Å². The Morgan fingerprint density at radius 2 is 1.95 bits per heavy atom. The van der Waals surface area contributed by atoms with Gasteiger partial charge in [-0.15, -0.1) is 0 Å². The maximum Gasteiger partial charge on any atom is 0.415 e. The van der Waals surface area contributed by atoms with Gasteiger partial charge in [-0.05, 0) is 26.8 Å². The number of anilines is 1. The monoisotopic (exact) mass is 293 g/mol. The first kappa shape index (κ1) is 16.4. The molecule has 0 fully saturated rings. The lowest BCUT2D eigenvalue weighted by Crippen LogP contribution is -2.38. The van der Waals surface area contributed by atoms with Gasteiger partial charge in [-0.3, -0.25) is 15.1 Å². The number of primary amides is 1. The maximum atomic E-state index is 11.9. The highest BCUT2D eigenvalue weighted by molar-refractivity contribution is 6.08. The number of amidine groups is 1. The molecule has 2 amide bonds. The predicted octanol–water partition coefficient (Wildman–Crippen LogP) is 0.955. The molecule has 1 rings (SSSR count). The number of nitrogens with one attached hydrogen (secondary N) is 1. The lowest BCUT2D eigenvalue weighted by molar-refractivity contribution is 0.0401. The molecule has 21 heavy (non-hydrogen) atoms. The third kappa shape index (κ3) is 4.16. The lowest BCUT2D eigenvalue weighted by Gasteiger charge is -2.25. The van der Waals surface area contributed by atoms with Crippen molar-refractivity contribution < 1.29 is 14.3 Å². The molecule has 0 aliphatic rings. The Bertz CT molecular complexity index is 592. The van der Waals surface area contributed by atoms with Gasteiger partial charge in [0.15, 0.2) is 0 Å². The first-order valence-corrected chi connectivity index (χ1v) is 6.14. The Hall–Kier alpha value is -2.64. The Kier molecular flexibility index (Phi) is 4.52. The fourth-order valence-corrected chi connectivity index (χ4v) is 1.40. The third-order valence-electron chi connectivity index (χ3n) is 2.46. The third-order valence-corrected chi connectivity index (χ3v) is 2.46. The number of rotatable bonds is 2. The molecule has 1 aromatic heterocycles. The van der Waals surface area contributed by atoms with Crippen molar-refractivity contribution in [2.75, 3.05) is 12.8 Å². The van der Waals surface area contributed by atoms with Crippen LogP contribution in [0.2, 0.25) is 0 Å². The number of nitrogens with zero attached hydrogens (tertiary/aromatic N) is 2. The van der Waals surface area contributed by atoms with Crippen molar-refractivity contribution in [3.05, 3.63) is 23.4 Å². The topological polar surface area (TPSA) is 135 Å². The molecule has 114 valence electrons. The molecule has 0 aliphatic heterocycles. The van der Waals surface area contributed by atoms with E-state index < -0.39 is 17.6 Å². The van der Waals surface area contributed by atoms with E-state index in [0.29, 0.717) is 0 Å². The summed E-state index contributed by atoms with van der Waals surface area (Å²) in [5.41, 5.74) is 10.4. The van der Waals surface area contributed by atoms with E-state index in [1.807, 2.05) is 0 Å². The van der Waals surface area contributed by atoms with Crippen LogP contribution < -0.4 is 11.5 Å². The summed E-state index contributed by atoms with van der Waals surface area (Å²) >= 11 is 0. The summed E-state index contributed by atoms with van der Waals surface area (Å²) in [6.45, 7) is 5.14. The first-order chi connectivity index (χ1) is 9.53. The number of nitrogens with two attached hydrogens (primary N) is 2. The number of hydrogen-bond acceptors (Lipinski definition) is 6. The molecule has 0 bridgehead atoms. The quantitative estimate of drug-likeness (QED) is 0.551. The zero-order chi connectivity index (χ0) is 16.4. The van der Waals surface area contributed by atoms with Crippen molar-refractivity contribution in [2.45, 2.75) is 26.4 Å². The minimum Gasteiger partial charge on any atom is -0.443 e. The largest absolute Gasteiger partial charge is 0.443 e. The summed E-state index contributed by atoms with van der Waals surface area (Å²) in [5, 5.41) is 8.01. The summed E-state index contributed by atoms with van der Waals surface area (Å²) in [4.78, 5) is 27.8. The Morgan fingerprint density at radius 3 is 2.43 bits per heavy atom. The second-order valence-corrected chi connectivity index (χ2v) is 5.41. The van der Waals surface area contributed by atoms with Crippen LogP contribution in [0.5, 0.6) is 0 Å². The number of carbonyl (C=O) groups excluding carboxylic acids is 2. The van der Waals surface area contributed by atoms with Crippen molar-refractivity contribution in [3.8, 4) is 0 Å². The average Bonchev–Trinajstić information content (AvgIpc) is 2.35. The number of ether oxygens (including phenoxy) is 1. The minimum atomic E-state index is -0.712. The average molecular weight is 293 g/mol. The molecule has 5 N–H and O–H groups in total. The van der Waals surface area contributed by atoms with Crippen LogP contribution in [-0.4, -0.2) is 40.4 Å². The van der Waals surface area contributed by atoms with E-state index in [2.05, 4.69) is 4.98 Å². The van der Waals surface area contributed by atoms with E-state index in [4.69, 9.17) is 21.6 Å². The van der Waals surface area contributed by atoms with Crippen LogP contribution in [0.3, 0.4) is 0 Å². The molecule has 0 spiro atoms. The highest BCUT2D eigenvalue weighted by Crippen LogP contribution is 2.15. The molecule has 0 aliphatic carbocycles. The molecule has 0 unspecified atom stereocenters. The number of amides is 2. The minimum absolute atomic E-state index is 0.0143. The first-order valence-electron chi connectivity index (χ1n) is 6.14. The van der Waals surface area contributed by atoms with Crippen LogP contribution in [0.4, 0.5) is 10.6 Å². The van der Waals surface area contributed by atoms with Crippen LogP contribution in [-0.2, 0) is 4.74 Å². The summed E-state index contributed by atoms with van der Waals surface area (Å²) in [6.07, 6.45) is 0.499. The number of nitrogen functional groups attached to an aromatic ring is 1. The van der Waals surface area contributed by atoms with Gasteiger partial charge in [0.1, 0.15) is 17.3 Å². The molecule has 8 heteroatoms. The molecule has 0 aromatic carbocycles. The maximum absolute atomic E-state index is 11.9. The second kappa shape index (κ2) is 5.78. The molecule has 1 heterocycles. The van der Waals surface area contributed by atoms with Gasteiger partial charge in [-0.25, -0.2) is 9.78 Å². The molecule has 0 radical (unpaired) electrons. The summed E-state index contributed by atoms with van der Waals surface area (Å²) in [6, 6.07) is 1.31. The number of hydrogen-bond donors (Lipinski definition) is 3. The van der Waals surface area contributed by atoms with Gasteiger partial charge in [0.25, 0.3) is 0 Å².